The first-order valence-electron chi connectivity index (χ1n) is 9.48. The van der Waals surface area contributed by atoms with Gasteiger partial charge in [-0.25, -0.2) is 0 Å². The molecular formula is C22H23N3O3. The van der Waals surface area contributed by atoms with Crippen molar-refractivity contribution in [1.29, 1.82) is 0 Å². The largest absolute Gasteiger partial charge is 0.336 e. The van der Waals surface area contributed by atoms with Gasteiger partial charge in [0.15, 0.2) is 0 Å². The second-order valence-corrected chi connectivity index (χ2v) is 7.42. The van der Waals surface area contributed by atoms with Gasteiger partial charge in [-0.3, -0.25) is 24.2 Å². The monoisotopic (exact) mass is 377 g/mol. The molecule has 2 aromatic carbocycles. The summed E-state index contributed by atoms with van der Waals surface area (Å²) in [5.41, 5.74) is 3.74. The second-order valence-electron chi connectivity index (χ2n) is 7.42. The van der Waals surface area contributed by atoms with Crippen molar-refractivity contribution in [2.24, 2.45) is 0 Å². The molecule has 2 aliphatic heterocycles. The van der Waals surface area contributed by atoms with Crippen LogP contribution >= 0.6 is 0 Å². The van der Waals surface area contributed by atoms with Crippen LogP contribution in [0.25, 0.3) is 0 Å². The molecule has 3 amide bonds. The molecule has 0 N–H and O–H groups in total. The number of carbonyl (C=O) groups is 3. The fourth-order valence-electron chi connectivity index (χ4n) is 3.81. The Morgan fingerprint density at radius 3 is 2.32 bits per heavy atom. The van der Waals surface area contributed by atoms with E-state index in [4.69, 9.17) is 0 Å². The number of aryl methyl sites for hydroxylation is 1. The highest BCUT2D eigenvalue weighted by atomic mass is 16.2. The number of benzene rings is 2. The number of nitrogens with zero attached hydrogens (tertiary/aromatic N) is 3. The Bertz CT molecular complexity index is 961. The van der Waals surface area contributed by atoms with Crippen LogP contribution in [-0.4, -0.2) is 65.6 Å². The van der Waals surface area contributed by atoms with Crippen LogP contribution in [0.5, 0.6) is 0 Å². The number of hydrogen-bond acceptors (Lipinski definition) is 4. The Morgan fingerprint density at radius 1 is 0.929 bits per heavy atom. The highest BCUT2D eigenvalue weighted by molar-refractivity contribution is 6.21. The van der Waals surface area contributed by atoms with Gasteiger partial charge in [0.25, 0.3) is 17.7 Å². The first kappa shape index (κ1) is 18.4. The van der Waals surface area contributed by atoms with Gasteiger partial charge >= 0.3 is 0 Å². The molecule has 0 saturated carbocycles. The highest BCUT2D eigenvalue weighted by Crippen LogP contribution is 2.23. The van der Waals surface area contributed by atoms with Crippen LogP contribution in [0.2, 0.25) is 0 Å². The molecule has 2 aliphatic rings. The number of piperazine rings is 1. The standard InChI is InChI=1S/C22H23N3O3/c1-15-5-3-4-6-17(15)14-24-9-11-25(12-10-24)20(26)16-7-8-18-19(13-16)22(28)23(2)21(18)27/h3-8,13H,9-12,14H2,1-2H3. The first-order valence-corrected chi connectivity index (χ1v) is 9.48. The smallest absolute Gasteiger partial charge is 0.261 e. The minimum atomic E-state index is -0.349. The lowest BCUT2D eigenvalue weighted by atomic mass is 10.0. The number of fused-ring (bicyclic) bond motifs is 1. The van der Waals surface area contributed by atoms with E-state index < -0.39 is 0 Å². The normalized spacial score (nSPS) is 17.2. The lowest BCUT2D eigenvalue weighted by molar-refractivity contribution is 0.0627. The fourth-order valence-corrected chi connectivity index (χ4v) is 3.81. The highest BCUT2D eigenvalue weighted by Gasteiger charge is 2.33. The van der Waals surface area contributed by atoms with E-state index in [0.717, 1.165) is 24.5 Å². The summed E-state index contributed by atoms with van der Waals surface area (Å²) in [7, 11) is 1.46. The molecule has 0 aromatic heterocycles. The summed E-state index contributed by atoms with van der Waals surface area (Å²) in [6.45, 7) is 5.92. The molecular weight excluding hydrogens is 354 g/mol. The molecule has 4 rings (SSSR count). The minimum Gasteiger partial charge on any atom is -0.336 e. The Hall–Kier alpha value is -2.99. The molecule has 0 radical (unpaired) electrons. The van der Waals surface area contributed by atoms with Crippen LogP contribution in [0.4, 0.5) is 0 Å². The molecule has 0 unspecified atom stereocenters. The third-order valence-electron chi connectivity index (χ3n) is 5.65. The van der Waals surface area contributed by atoms with Gasteiger partial charge < -0.3 is 4.90 Å². The molecule has 1 saturated heterocycles. The van der Waals surface area contributed by atoms with Gasteiger partial charge in [0.1, 0.15) is 0 Å². The predicted molar refractivity (Wildman–Crippen MR) is 105 cm³/mol. The Labute approximate surface area is 164 Å². The summed E-state index contributed by atoms with van der Waals surface area (Å²) < 4.78 is 0. The zero-order chi connectivity index (χ0) is 19.8. The fraction of sp³-hybridized carbons (Fsp3) is 0.318. The molecule has 2 aromatic rings. The van der Waals surface area contributed by atoms with E-state index >= 15 is 0 Å². The van der Waals surface area contributed by atoms with Crippen molar-refractivity contribution in [3.63, 3.8) is 0 Å². The summed E-state index contributed by atoms with van der Waals surface area (Å²) in [5.74, 6) is -0.755. The summed E-state index contributed by atoms with van der Waals surface area (Å²) in [6.07, 6.45) is 0. The molecule has 1 fully saturated rings. The average molecular weight is 377 g/mol. The third kappa shape index (κ3) is 3.20. The lowest BCUT2D eigenvalue weighted by Crippen LogP contribution is -2.48. The maximum atomic E-state index is 12.9. The van der Waals surface area contributed by atoms with E-state index in [0.29, 0.717) is 29.8 Å². The summed E-state index contributed by atoms with van der Waals surface area (Å²) >= 11 is 0. The van der Waals surface area contributed by atoms with Gasteiger partial charge in [0.2, 0.25) is 0 Å². The number of amides is 3. The van der Waals surface area contributed by atoms with Crippen LogP contribution < -0.4 is 0 Å². The molecule has 0 spiro atoms. The van der Waals surface area contributed by atoms with Crippen LogP contribution in [0.15, 0.2) is 42.5 Å². The molecule has 28 heavy (non-hydrogen) atoms. The van der Waals surface area contributed by atoms with Crippen molar-refractivity contribution in [3.8, 4) is 0 Å². The summed E-state index contributed by atoms with van der Waals surface area (Å²) in [5, 5.41) is 0. The van der Waals surface area contributed by atoms with E-state index in [1.807, 2.05) is 11.0 Å². The van der Waals surface area contributed by atoms with Gasteiger partial charge in [0, 0.05) is 45.3 Å². The van der Waals surface area contributed by atoms with Gasteiger partial charge in [-0.2, -0.15) is 0 Å². The van der Waals surface area contributed by atoms with Gasteiger partial charge in [-0.05, 0) is 36.2 Å². The van der Waals surface area contributed by atoms with E-state index in [2.05, 4.69) is 30.0 Å². The Kier molecular flexibility index (Phi) is 4.73. The van der Waals surface area contributed by atoms with Crippen molar-refractivity contribution in [2.75, 3.05) is 33.2 Å². The van der Waals surface area contributed by atoms with E-state index in [1.165, 1.54) is 18.2 Å². The maximum absolute atomic E-state index is 12.9. The summed E-state index contributed by atoms with van der Waals surface area (Å²) in [6, 6.07) is 13.1. The van der Waals surface area contributed by atoms with Crippen molar-refractivity contribution < 1.29 is 14.4 Å². The zero-order valence-corrected chi connectivity index (χ0v) is 16.1. The number of rotatable bonds is 3. The minimum absolute atomic E-state index is 0.0897. The lowest BCUT2D eigenvalue weighted by Gasteiger charge is -2.35. The van der Waals surface area contributed by atoms with Crippen molar-refractivity contribution in [1.82, 2.24) is 14.7 Å². The summed E-state index contributed by atoms with van der Waals surface area (Å²) in [4.78, 5) is 42.3. The van der Waals surface area contributed by atoms with E-state index in [9.17, 15) is 14.4 Å². The van der Waals surface area contributed by atoms with Gasteiger partial charge in [-0.15, -0.1) is 0 Å². The number of carbonyl (C=O) groups excluding carboxylic acids is 3. The van der Waals surface area contributed by atoms with Crippen LogP contribution in [0, 0.1) is 6.92 Å². The Balaban J connectivity index is 1.42. The maximum Gasteiger partial charge on any atom is 0.261 e. The van der Waals surface area contributed by atoms with Crippen molar-refractivity contribution in [2.45, 2.75) is 13.5 Å². The van der Waals surface area contributed by atoms with Gasteiger partial charge in [0.05, 0.1) is 11.1 Å². The molecule has 6 heteroatoms. The molecule has 6 nitrogen and oxygen atoms in total. The van der Waals surface area contributed by atoms with E-state index in [-0.39, 0.29) is 17.7 Å². The van der Waals surface area contributed by atoms with E-state index in [1.54, 1.807) is 18.2 Å². The third-order valence-corrected chi connectivity index (χ3v) is 5.65. The number of imide groups is 1. The van der Waals surface area contributed by atoms with Crippen LogP contribution in [-0.2, 0) is 6.54 Å². The van der Waals surface area contributed by atoms with Gasteiger partial charge in [-0.1, -0.05) is 24.3 Å². The topological polar surface area (TPSA) is 60.9 Å². The van der Waals surface area contributed by atoms with Crippen molar-refractivity contribution >= 4 is 17.7 Å². The Morgan fingerprint density at radius 2 is 1.61 bits per heavy atom. The van der Waals surface area contributed by atoms with Crippen LogP contribution in [0.3, 0.4) is 0 Å². The zero-order valence-electron chi connectivity index (χ0n) is 16.1. The average Bonchev–Trinajstić information content (AvgIpc) is 2.93. The molecule has 2 heterocycles. The molecule has 144 valence electrons. The quantitative estimate of drug-likeness (QED) is 0.770. The predicted octanol–water partition coefficient (Wildman–Crippen LogP) is 2.18. The number of hydrogen-bond donors (Lipinski definition) is 0. The van der Waals surface area contributed by atoms with Crippen molar-refractivity contribution in [3.05, 3.63) is 70.3 Å². The SMILES string of the molecule is Cc1ccccc1CN1CCN(C(=O)c2ccc3c(c2)C(=O)N(C)C3=O)CC1. The molecule has 0 atom stereocenters. The second kappa shape index (κ2) is 7.20. The van der Waals surface area contributed by atoms with Crippen LogP contribution in [0.1, 0.15) is 42.2 Å². The molecule has 0 bridgehead atoms. The molecule has 0 aliphatic carbocycles. The first-order chi connectivity index (χ1) is 13.5.